The highest BCUT2D eigenvalue weighted by Crippen LogP contribution is 2.35. The molecule has 108 valence electrons. The summed E-state index contributed by atoms with van der Waals surface area (Å²) in [5, 5.41) is 4.06. The minimum absolute atomic E-state index is 0.00538. The minimum atomic E-state index is -3.73. The minimum Gasteiger partial charge on any atom is -0.248 e. The Balaban J connectivity index is 1.91. The summed E-state index contributed by atoms with van der Waals surface area (Å²) in [7, 11) is -3.73. The lowest BCUT2D eigenvalue weighted by molar-refractivity contribution is 0.400. The Labute approximate surface area is 129 Å². The van der Waals surface area contributed by atoms with Gasteiger partial charge in [-0.25, -0.2) is 22.8 Å². The van der Waals surface area contributed by atoms with E-state index in [1.807, 2.05) is 0 Å². The van der Waals surface area contributed by atoms with Gasteiger partial charge in [0.15, 0.2) is 0 Å². The molecule has 0 aromatic carbocycles. The van der Waals surface area contributed by atoms with Crippen LogP contribution < -0.4 is 4.72 Å². The molecule has 0 fully saturated rings. The van der Waals surface area contributed by atoms with Crippen molar-refractivity contribution in [3.8, 4) is 0 Å². The lowest BCUT2D eigenvalue weighted by Crippen LogP contribution is -2.33. The van der Waals surface area contributed by atoms with E-state index in [1.165, 1.54) is 12.4 Å². The summed E-state index contributed by atoms with van der Waals surface area (Å²) in [6, 6.07) is 0.954. The molecule has 20 heavy (non-hydrogen) atoms. The van der Waals surface area contributed by atoms with Gasteiger partial charge in [-0.15, -0.1) is 11.3 Å². The molecule has 0 aliphatic carbocycles. The number of hydrogen-bond donors (Lipinski definition) is 1. The summed E-state index contributed by atoms with van der Waals surface area (Å²) in [5.41, 5.74) is 0. The molecule has 2 aromatic rings. The lowest BCUT2D eigenvalue weighted by atomic mass is 10.1. The summed E-state index contributed by atoms with van der Waals surface area (Å²) >= 11 is 12.7. The molecular formula is C10H10Cl2N4O2S2. The van der Waals surface area contributed by atoms with E-state index in [9.17, 15) is 8.42 Å². The van der Waals surface area contributed by atoms with E-state index >= 15 is 0 Å². The Morgan fingerprint density at radius 2 is 2.25 bits per heavy atom. The molecule has 0 spiro atoms. The first-order valence-corrected chi connectivity index (χ1v) is 8.88. The van der Waals surface area contributed by atoms with Crippen molar-refractivity contribution < 1.29 is 8.42 Å². The van der Waals surface area contributed by atoms with Crippen molar-refractivity contribution in [3.63, 3.8) is 0 Å². The zero-order valence-corrected chi connectivity index (χ0v) is 13.2. The van der Waals surface area contributed by atoms with Gasteiger partial charge >= 0.3 is 0 Å². The van der Waals surface area contributed by atoms with Crippen molar-refractivity contribution in [3.05, 3.63) is 26.9 Å². The number of nitrogens with one attached hydrogen (secondary N) is 1. The molecule has 10 heteroatoms. The predicted octanol–water partition coefficient (Wildman–Crippen LogP) is 2.46. The molecule has 1 atom stereocenters. The molecule has 2 aromatic heterocycles. The fourth-order valence-corrected chi connectivity index (χ4v) is 5.54. The second kappa shape index (κ2) is 5.27. The monoisotopic (exact) mass is 352 g/mol. The highest BCUT2D eigenvalue weighted by Gasteiger charge is 2.29. The van der Waals surface area contributed by atoms with Crippen LogP contribution in [-0.4, -0.2) is 23.2 Å². The first-order chi connectivity index (χ1) is 9.47. The van der Waals surface area contributed by atoms with Gasteiger partial charge in [0.05, 0.1) is 10.4 Å². The molecule has 0 radical (unpaired) electrons. The lowest BCUT2D eigenvalue weighted by Gasteiger charge is -2.22. The van der Waals surface area contributed by atoms with Gasteiger partial charge in [-0.05, 0) is 18.9 Å². The number of halogens is 2. The van der Waals surface area contributed by atoms with E-state index < -0.39 is 16.1 Å². The number of nitrogens with zero attached hydrogens (tertiary/aromatic N) is 3. The second-order valence-corrected chi connectivity index (χ2v) is 8.31. The highest BCUT2D eigenvalue weighted by atomic mass is 35.5. The van der Waals surface area contributed by atoms with Gasteiger partial charge in [0.25, 0.3) is 0 Å². The molecule has 6 nitrogen and oxygen atoms in total. The van der Waals surface area contributed by atoms with Crippen molar-refractivity contribution in [1.82, 2.24) is 19.5 Å². The predicted molar refractivity (Wildman–Crippen MR) is 76.7 cm³/mol. The molecule has 1 aliphatic rings. The normalized spacial score (nSPS) is 19.0. The molecule has 0 amide bonds. The highest BCUT2D eigenvalue weighted by molar-refractivity contribution is 7.89. The van der Waals surface area contributed by atoms with E-state index in [1.54, 1.807) is 4.68 Å². The standard InChI is InChI=1S/C10H10Cl2N4O2S2/c11-8-4-7(9(12)19-8)20(17,18)15-6-2-1-3-16-10(6)13-5-14-16/h4-6,15H,1-3H2/t6-/m0/s1. The van der Waals surface area contributed by atoms with Gasteiger partial charge in [0.1, 0.15) is 21.4 Å². The Bertz CT molecular complexity index is 740. The van der Waals surface area contributed by atoms with E-state index in [0.717, 1.165) is 24.3 Å². The van der Waals surface area contributed by atoms with Gasteiger partial charge in [-0.3, -0.25) is 0 Å². The maximum absolute atomic E-state index is 12.4. The molecule has 0 saturated carbocycles. The smallest absolute Gasteiger partial charge is 0.243 e. The third-order valence-corrected chi connectivity index (χ3v) is 6.26. The van der Waals surface area contributed by atoms with Crippen LogP contribution in [0.2, 0.25) is 8.67 Å². The Morgan fingerprint density at radius 3 is 2.95 bits per heavy atom. The van der Waals surface area contributed by atoms with Crippen LogP contribution in [0.3, 0.4) is 0 Å². The van der Waals surface area contributed by atoms with Crippen LogP contribution in [0, 0.1) is 0 Å². The average Bonchev–Trinajstić information content (AvgIpc) is 2.96. The molecule has 0 bridgehead atoms. The zero-order valence-electron chi connectivity index (χ0n) is 10.1. The molecular weight excluding hydrogens is 343 g/mol. The van der Waals surface area contributed by atoms with Crippen LogP contribution in [0.25, 0.3) is 0 Å². The number of fused-ring (bicyclic) bond motifs is 1. The van der Waals surface area contributed by atoms with Crippen molar-refractivity contribution in [2.24, 2.45) is 0 Å². The molecule has 0 unspecified atom stereocenters. The van der Waals surface area contributed by atoms with Crippen LogP contribution >= 0.6 is 34.5 Å². The molecule has 1 N–H and O–H groups in total. The quantitative estimate of drug-likeness (QED) is 0.920. The Hall–Kier alpha value is -0.670. The van der Waals surface area contributed by atoms with Crippen molar-refractivity contribution in [1.29, 1.82) is 0 Å². The number of rotatable bonds is 3. The van der Waals surface area contributed by atoms with Gasteiger partial charge in [-0.1, -0.05) is 23.2 Å². The van der Waals surface area contributed by atoms with E-state index in [2.05, 4.69) is 14.8 Å². The van der Waals surface area contributed by atoms with E-state index in [0.29, 0.717) is 16.6 Å². The van der Waals surface area contributed by atoms with Crippen LogP contribution in [0.4, 0.5) is 0 Å². The maximum atomic E-state index is 12.4. The van der Waals surface area contributed by atoms with Gasteiger partial charge < -0.3 is 0 Å². The maximum Gasteiger partial charge on any atom is 0.243 e. The summed E-state index contributed by atoms with van der Waals surface area (Å²) in [6.07, 6.45) is 2.94. The summed E-state index contributed by atoms with van der Waals surface area (Å²) in [5.74, 6) is 0.622. The average molecular weight is 353 g/mol. The Morgan fingerprint density at radius 1 is 1.45 bits per heavy atom. The zero-order chi connectivity index (χ0) is 14.3. The number of aromatic nitrogens is 3. The van der Waals surface area contributed by atoms with Crippen LogP contribution in [-0.2, 0) is 16.6 Å². The number of thiophene rings is 1. The largest absolute Gasteiger partial charge is 0.248 e. The number of hydrogen-bond acceptors (Lipinski definition) is 5. The van der Waals surface area contributed by atoms with Gasteiger partial charge in [-0.2, -0.15) is 5.10 Å². The molecule has 3 heterocycles. The Kier molecular flexibility index (Phi) is 3.76. The van der Waals surface area contributed by atoms with Gasteiger partial charge in [0, 0.05) is 6.54 Å². The van der Waals surface area contributed by atoms with Crippen LogP contribution in [0.1, 0.15) is 24.7 Å². The molecule has 1 aliphatic heterocycles. The third kappa shape index (κ3) is 2.58. The van der Waals surface area contributed by atoms with E-state index in [4.69, 9.17) is 23.2 Å². The molecule has 3 rings (SSSR count). The van der Waals surface area contributed by atoms with E-state index in [-0.39, 0.29) is 9.23 Å². The summed E-state index contributed by atoms with van der Waals surface area (Å²) < 4.78 is 29.5. The summed E-state index contributed by atoms with van der Waals surface area (Å²) in [6.45, 7) is 0.749. The van der Waals surface area contributed by atoms with Crippen molar-refractivity contribution >= 4 is 44.6 Å². The first kappa shape index (κ1) is 14.3. The van der Waals surface area contributed by atoms with Gasteiger partial charge in [0.2, 0.25) is 10.0 Å². The first-order valence-electron chi connectivity index (χ1n) is 5.82. The van der Waals surface area contributed by atoms with Crippen LogP contribution in [0.5, 0.6) is 0 Å². The SMILES string of the molecule is O=S(=O)(N[C@H]1CCCn2ncnc21)c1cc(Cl)sc1Cl. The fourth-order valence-electron chi connectivity index (χ4n) is 2.16. The topological polar surface area (TPSA) is 76.9 Å². The van der Waals surface area contributed by atoms with Crippen molar-refractivity contribution in [2.45, 2.75) is 30.3 Å². The van der Waals surface area contributed by atoms with Crippen molar-refractivity contribution in [2.75, 3.05) is 0 Å². The summed E-state index contributed by atoms with van der Waals surface area (Å²) in [4.78, 5) is 4.12. The third-order valence-electron chi connectivity index (χ3n) is 3.03. The van der Waals surface area contributed by atoms with Crippen LogP contribution in [0.15, 0.2) is 17.3 Å². The fraction of sp³-hybridized carbons (Fsp3) is 0.400. The number of aryl methyl sites for hydroxylation is 1. The second-order valence-electron chi connectivity index (χ2n) is 4.35. The molecule has 0 saturated heterocycles. The number of sulfonamides is 1.